The van der Waals surface area contributed by atoms with Gasteiger partial charge in [0.15, 0.2) is 0 Å². The second kappa shape index (κ2) is 4.70. The first-order chi connectivity index (χ1) is 7.75. The van der Waals surface area contributed by atoms with E-state index >= 15 is 0 Å². The van der Waals surface area contributed by atoms with E-state index in [4.69, 9.17) is 4.74 Å². The number of pyridine rings is 1. The molecule has 1 heterocycles. The van der Waals surface area contributed by atoms with Crippen LogP contribution in [0.3, 0.4) is 0 Å². The van der Waals surface area contributed by atoms with Crippen molar-refractivity contribution in [2.45, 2.75) is 6.61 Å². The molecule has 1 aromatic carbocycles. The summed E-state index contributed by atoms with van der Waals surface area (Å²) in [6.07, 6.45) is 0. The van der Waals surface area contributed by atoms with Crippen LogP contribution < -0.4 is 4.74 Å². The van der Waals surface area contributed by atoms with Crippen LogP contribution in [0.2, 0.25) is 0 Å². The minimum atomic E-state index is -0.619. The van der Waals surface area contributed by atoms with Gasteiger partial charge in [-0.1, -0.05) is 24.3 Å². The van der Waals surface area contributed by atoms with Gasteiger partial charge in [0.1, 0.15) is 12.4 Å². The Morgan fingerprint density at radius 1 is 1.00 bits per heavy atom. The van der Waals surface area contributed by atoms with Crippen molar-refractivity contribution in [1.82, 2.24) is 4.98 Å². The van der Waals surface area contributed by atoms with Gasteiger partial charge in [-0.05, 0) is 12.1 Å². The van der Waals surface area contributed by atoms with Gasteiger partial charge in [0.25, 0.3) is 0 Å². The largest absolute Gasteiger partial charge is 0.473 e. The monoisotopic (exact) mass is 221 g/mol. The summed E-state index contributed by atoms with van der Waals surface area (Å²) in [4.78, 5) is 3.51. The third-order valence-corrected chi connectivity index (χ3v) is 2.02. The van der Waals surface area contributed by atoms with Gasteiger partial charge in [0.05, 0.1) is 0 Å². The molecular formula is C12H9F2NO. The molecule has 0 bridgehead atoms. The lowest BCUT2D eigenvalue weighted by Gasteiger charge is -2.05. The van der Waals surface area contributed by atoms with Crippen molar-refractivity contribution >= 4 is 0 Å². The highest BCUT2D eigenvalue weighted by Crippen LogP contribution is 2.12. The van der Waals surface area contributed by atoms with Crippen LogP contribution in [0.15, 0.2) is 42.5 Å². The molecular weight excluding hydrogens is 212 g/mol. The minimum absolute atomic E-state index is 0.0309. The maximum absolute atomic E-state index is 13.2. The van der Waals surface area contributed by atoms with Crippen LogP contribution in [0.4, 0.5) is 8.78 Å². The van der Waals surface area contributed by atoms with Crippen molar-refractivity contribution in [3.63, 3.8) is 0 Å². The number of halogens is 2. The number of benzene rings is 1. The Bertz CT molecular complexity index is 488. The van der Waals surface area contributed by atoms with Gasteiger partial charge >= 0.3 is 0 Å². The predicted octanol–water partition coefficient (Wildman–Crippen LogP) is 2.94. The van der Waals surface area contributed by atoms with Crippen molar-refractivity contribution in [2.75, 3.05) is 0 Å². The van der Waals surface area contributed by atoms with Crippen LogP contribution in [-0.4, -0.2) is 4.98 Å². The molecule has 82 valence electrons. The fourth-order valence-electron chi connectivity index (χ4n) is 1.24. The molecule has 0 aliphatic rings. The summed E-state index contributed by atoms with van der Waals surface area (Å²) in [5.41, 5.74) is 0.411. The Labute approximate surface area is 91.5 Å². The number of nitrogens with zero attached hydrogens (tertiary/aromatic N) is 1. The van der Waals surface area contributed by atoms with Gasteiger partial charge in [-0.25, -0.2) is 4.39 Å². The molecule has 2 rings (SSSR count). The van der Waals surface area contributed by atoms with Gasteiger partial charge in [0.2, 0.25) is 11.8 Å². The summed E-state index contributed by atoms with van der Waals surface area (Å²) in [5, 5.41) is 0. The van der Waals surface area contributed by atoms with Crippen LogP contribution >= 0.6 is 0 Å². The topological polar surface area (TPSA) is 22.1 Å². The molecule has 0 saturated carbocycles. The first kappa shape index (κ1) is 10.5. The van der Waals surface area contributed by atoms with Crippen molar-refractivity contribution < 1.29 is 13.5 Å². The van der Waals surface area contributed by atoms with E-state index in [1.165, 1.54) is 24.3 Å². The molecule has 16 heavy (non-hydrogen) atoms. The summed E-state index contributed by atoms with van der Waals surface area (Å²) in [6, 6.07) is 10.5. The molecule has 1 aromatic heterocycles. The normalized spacial score (nSPS) is 10.1. The number of hydrogen-bond acceptors (Lipinski definition) is 2. The van der Waals surface area contributed by atoms with Gasteiger partial charge < -0.3 is 4.74 Å². The fourth-order valence-corrected chi connectivity index (χ4v) is 1.24. The zero-order valence-corrected chi connectivity index (χ0v) is 8.36. The summed E-state index contributed by atoms with van der Waals surface area (Å²) in [7, 11) is 0. The minimum Gasteiger partial charge on any atom is -0.473 e. The van der Waals surface area contributed by atoms with Crippen LogP contribution in [-0.2, 0) is 6.61 Å². The zero-order chi connectivity index (χ0) is 11.4. The lowest BCUT2D eigenvalue weighted by atomic mass is 10.2. The second-order valence-electron chi connectivity index (χ2n) is 3.18. The number of aromatic nitrogens is 1. The van der Waals surface area contributed by atoms with Crippen molar-refractivity contribution in [3.05, 3.63) is 59.8 Å². The molecule has 0 N–H and O–H groups in total. The Morgan fingerprint density at radius 2 is 1.81 bits per heavy atom. The molecule has 2 aromatic rings. The molecule has 0 fully saturated rings. The van der Waals surface area contributed by atoms with E-state index in [9.17, 15) is 8.78 Å². The number of ether oxygens (including phenoxy) is 1. The van der Waals surface area contributed by atoms with E-state index in [0.29, 0.717) is 5.56 Å². The lowest BCUT2D eigenvalue weighted by molar-refractivity contribution is 0.283. The Morgan fingerprint density at radius 3 is 2.56 bits per heavy atom. The van der Waals surface area contributed by atoms with Crippen LogP contribution in [0.5, 0.6) is 5.88 Å². The molecule has 0 amide bonds. The zero-order valence-electron chi connectivity index (χ0n) is 8.36. The molecule has 0 radical (unpaired) electrons. The van der Waals surface area contributed by atoms with Crippen molar-refractivity contribution in [1.29, 1.82) is 0 Å². The summed E-state index contributed by atoms with van der Waals surface area (Å²) in [5.74, 6) is -0.826. The smallest absolute Gasteiger partial charge is 0.216 e. The van der Waals surface area contributed by atoms with Crippen LogP contribution in [0, 0.1) is 11.8 Å². The Hall–Kier alpha value is -1.97. The maximum atomic E-state index is 13.2. The highest BCUT2D eigenvalue weighted by Gasteiger charge is 2.02. The standard InChI is InChI=1S/C12H9F2NO/c13-10-5-2-1-4-9(10)8-16-12-7-3-6-11(14)15-12/h1-7H,8H2. The third kappa shape index (κ3) is 2.53. The molecule has 4 heteroatoms. The second-order valence-corrected chi connectivity index (χ2v) is 3.18. The predicted molar refractivity (Wildman–Crippen MR) is 54.9 cm³/mol. The van der Waals surface area contributed by atoms with E-state index in [2.05, 4.69) is 4.98 Å². The first-order valence-corrected chi connectivity index (χ1v) is 4.74. The molecule has 0 unspecified atom stereocenters. The fraction of sp³-hybridized carbons (Fsp3) is 0.0833. The average Bonchev–Trinajstić information content (AvgIpc) is 2.28. The highest BCUT2D eigenvalue weighted by molar-refractivity contribution is 5.18. The molecule has 0 aliphatic carbocycles. The molecule has 2 nitrogen and oxygen atoms in total. The van der Waals surface area contributed by atoms with Gasteiger partial charge in [0, 0.05) is 11.6 Å². The van der Waals surface area contributed by atoms with Crippen molar-refractivity contribution in [2.24, 2.45) is 0 Å². The molecule has 0 spiro atoms. The van der Waals surface area contributed by atoms with E-state index in [1.54, 1.807) is 18.2 Å². The SMILES string of the molecule is Fc1cccc(OCc2ccccc2F)n1. The Kier molecular flexibility index (Phi) is 3.10. The van der Waals surface area contributed by atoms with Crippen LogP contribution in [0.1, 0.15) is 5.56 Å². The molecule has 0 atom stereocenters. The van der Waals surface area contributed by atoms with E-state index in [1.807, 2.05) is 0 Å². The molecule has 0 aliphatic heterocycles. The van der Waals surface area contributed by atoms with E-state index in [-0.39, 0.29) is 18.3 Å². The summed E-state index contributed by atoms with van der Waals surface area (Å²) in [6.45, 7) is 0.0309. The van der Waals surface area contributed by atoms with E-state index < -0.39 is 5.95 Å². The molecule has 0 saturated heterocycles. The third-order valence-electron chi connectivity index (χ3n) is 2.02. The highest BCUT2D eigenvalue weighted by atomic mass is 19.1. The lowest BCUT2D eigenvalue weighted by Crippen LogP contribution is -2.00. The summed E-state index contributed by atoms with van der Waals surface area (Å²) < 4.78 is 31.1. The number of hydrogen-bond donors (Lipinski definition) is 0. The van der Waals surface area contributed by atoms with Crippen molar-refractivity contribution in [3.8, 4) is 5.88 Å². The maximum Gasteiger partial charge on any atom is 0.216 e. The number of rotatable bonds is 3. The average molecular weight is 221 g/mol. The quantitative estimate of drug-likeness (QED) is 0.743. The van der Waals surface area contributed by atoms with Gasteiger partial charge in [-0.3, -0.25) is 0 Å². The Balaban J connectivity index is 2.05. The van der Waals surface area contributed by atoms with Gasteiger partial charge in [-0.2, -0.15) is 9.37 Å². The van der Waals surface area contributed by atoms with Gasteiger partial charge in [-0.15, -0.1) is 0 Å². The first-order valence-electron chi connectivity index (χ1n) is 4.74. The van der Waals surface area contributed by atoms with E-state index in [0.717, 1.165) is 0 Å². The van der Waals surface area contributed by atoms with Crippen LogP contribution in [0.25, 0.3) is 0 Å². The summed E-state index contributed by atoms with van der Waals surface area (Å²) >= 11 is 0.